The Hall–Kier alpha value is -2.92. The van der Waals surface area contributed by atoms with Gasteiger partial charge in [-0.25, -0.2) is 9.37 Å². The van der Waals surface area contributed by atoms with Crippen LogP contribution in [0.3, 0.4) is 0 Å². The second-order valence-electron chi connectivity index (χ2n) is 7.46. The van der Waals surface area contributed by atoms with Crippen molar-refractivity contribution in [2.75, 3.05) is 25.9 Å². The summed E-state index contributed by atoms with van der Waals surface area (Å²) in [6.45, 7) is 1.49. The molecule has 0 unspecified atom stereocenters. The summed E-state index contributed by atoms with van der Waals surface area (Å²) in [5.41, 5.74) is 13.2. The molecule has 1 fully saturated rings. The smallest absolute Gasteiger partial charge is 0.277 e. The summed E-state index contributed by atoms with van der Waals surface area (Å²) in [5, 5.41) is 14.1. The van der Waals surface area contributed by atoms with Gasteiger partial charge in [-0.3, -0.25) is 4.79 Å². The van der Waals surface area contributed by atoms with E-state index in [1.54, 1.807) is 33.1 Å². The molecule has 7 N–H and O–H groups in total. The average molecular weight is 443 g/mol. The fourth-order valence-corrected chi connectivity index (χ4v) is 4.42. The Morgan fingerprint density at radius 1 is 1.42 bits per heavy atom. The number of carbonyl (C=O) groups excluding carboxylic acids is 1. The van der Waals surface area contributed by atoms with E-state index >= 15 is 0 Å². The molecule has 1 atom stereocenters. The van der Waals surface area contributed by atoms with Gasteiger partial charge in [-0.1, -0.05) is 28.9 Å². The van der Waals surface area contributed by atoms with Gasteiger partial charge in [0.05, 0.1) is 5.70 Å². The Bertz CT molecular complexity index is 1010. The molecular formula is C20H27BFN7OS. The molecule has 11 heteroatoms. The number of anilines is 1. The van der Waals surface area contributed by atoms with E-state index in [4.69, 9.17) is 16.9 Å². The van der Waals surface area contributed by atoms with Crippen LogP contribution in [0.15, 0.2) is 29.7 Å². The van der Waals surface area contributed by atoms with E-state index in [1.165, 1.54) is 0 Å². The second-order valence-corrected chi connectivity index (χ2v) is 8.49. The number of rotatable bonds is 6. The molecule has 0 saturated carbocycles. The summed E-state index contributed by atoms with van der Waals surface area (Å²) in [5.74, 6) is -0.304. The molecule has 31 heavy (non-hydrogen) atoms. The predicted octanol–water partition coefficient (Wildman–Crippen LogP) is 0.371. The summed E-state index contributed by atoms with van der Waals surface area (Å²) in [7, 11) is 3.41. The van der Waals surface area contributed by atoms with Crippen LogP contribution in [0.25, 0.3) is 10.6 Å². The van der Waals surface area contributed by atoms with Crippen LogP contribution in [0.2, 0.25) is 0 Å². The first-order valence-corrected chi connectivity index (χ1v) is 10.9. The maximum absolute atomic E-state index is 14.5. The summed E-state index contributed by atoms with van der Waals surface area (Å²) < 4.78 is 14.5. The largest absolute Gasteiger partial charge is 0.389 e. The molecule has 1 aliphatic rings. The van der Waals surface area contributed by atoms with Crippen LogP contribution in [0.5, 0.6) is 0 Å². The van der Waals surface area contributed by atoms with Crippen molar-refractivity contribution in [3.8, 4) is 10.6 Å². The molecule has 164 valence electrons. The summed E-state index contributed by atoms with van der Waals surface area (Å²) in [4.78, 5) is 19.3. The van der Waals surface area contributed by atoms with Gasteiger partial charge in [0.1, 0.15) is 29.5 Å². The Morgan fingerprint density at radius 2 is 2.19 bits per heavy atom. The lowest BCUT2D eigenvalue weighted by Crippen LogP contribution is -2.37. The van der Waals surface area contributed by atoms with E-state index in [0.717, 1.165) is 49.9 Å². The van der Waals surface area contributed by atoms with Crippen LogP contribution in [-0.4, -0.2) is 56.0 Å². The number of aromatic nitrogens is 1. The SMILES string of the molecule is Bc1cccc(-c2nc(C(=O)N/C(C=N)=C(/NC)N3CCC[C@@H](N)CC3)c(N)s2)c1F. The molecule has 1 saturated heterocycles. The predicted molar refractivity (Wildman–Crippen MR) is 126 cm³/mol. The molecule has 1 aliphatic heterocycles. The van der Waals surface area contributed by atoms with E-state index in [0.29, 0.717) is 27.6 Å². The number of nitrogens with two attached hydrogens (primary N) is 2. The minimum absolute atomic E-state index is 0.00796. The van der Waals surface area contributed by atoms with Crippen LogP contribution in [0.1, 0.15) is 29.8 Å². The number of thiazole rings is 1. The number of carbonyl (C=O) groups is 1. The lowest BCUT2D eigenvalue weighted by atomic mass is 9.93. The van der Waals surface area contributed by atoms with E-state index in [2.05, 4.69) is 20.5 Å². The Balaban J connectivity index is 1.86. The molecule has 2 aromatic rings. The van der Waals surface area contributed by atoms with Gasteiger partial charge in [0.2, 0.25) is 0 Å². The average Bonchev–Trinajstić information content (AvgIpc) is 3.01. The van der Waals surface area contributed by atoms with Crippen LogP contribution in [-0.2, 0) is 0 Å². The van der Waals surface area contributed by atoms with Crippen LogP contribution < -0.4 is 27.6 Å². The Kier molecular flexibility index (Phi) is 7.29. The maximum Gasteiger partial charge on any atom is 0.277 e. The minimum Gasteiger partial charge on any atom is -0.389 e. The van der Waals surface area contributed by atoms with Gasteiger partial charge in [-0.15, -0.1) is 0 Å². The highest BCUT2D eigenvalue weighted by Crippen LogP contribution is 2.31. The fourth-order valence-electron chi connectivity index (χ4n) is 3.58. The molecule has 2 heterocycles. The number of benzene rings is 1. The Morgan fingerprint density at radius 3 is 2.90 bits per heavy atom. The summed E-state index contributed by atoms with van der Waals surface area (Å²) in [6.07, 6.45) is 3.77. The second kappa shape index (κ2) is 9.93. The van der Waals surface area contributed by atoms with Crippen molar-refractivity contribution in [3.05, 3.63) is 41.2 Å². The lowest BCUT2D eigenvalue weighted by molar-refractivity contribution is 0.0963. The number of hydrogen-bond acceptors (Lipinski definition) is 8. The highest BCUT2D eigenvalue weighted by atomic mass is 32.1. The van der Waals surface area contributed by atoms with Crippen LogP contribution >= 0.6 is 11.3 Å². The number of amides is 1. The first-order valence-electron chi connectivity index (χ1n) is 10.1. The molecular weight excluding hydrogens is 416 g/mol. The molecule has 0 aliphatic carbocycles. The van der Waals surface area contributed by atoms with Crippen LogP contribution in [0, 0.1) is 11.2 Å². The number of halogens is 1. The van der Waals surface area contributed by atoms with Gasteiger partial charge in [0.25, 0.3) is 5.91 Å². The third-order valence-corrected chi connectivity index (χ3v) is 6.18. The first-order chi connectivity index (χ1) is 14.8. The van der Waals surface area contributed by atoms with E-state index in [9.17, 15) is 9.18 Å². The van der Waals surface area contributed by atoms with E-state index in [1.807, 2.05) is 0 Å². The van der Waals surface area contributed by atoms with Crippen molar-refractivity contribution in [1.82, 2.24) is 20.5 Å². The number of nitrogens with zero attached hydrogens (tertiary/aromatic N) is 2. The van der Waals surface area contributed by atoms with Crippen molar-refractivity contribution in [1.29, 1.82) is 5.41 Å². The van der Waals surface area contributed by atoms with E-state index in [-0.39, 0.29) is 22.6 Å². The quantitative estimate of drug-likeness (QED) is 0.324. The Labute approximate surface area is 185 Å². The number of allylic oxidation sites excluding steroid dienone is 1. The fraction of sp³-hybridized carbons (Fsp3) is 0.350. The number of nitrogens with one attached hydrogen (secondary N) is 3. The third-order valence-electron chi connectivity index (χ3n) is 5.26. The van der Waals surface area contributed by atoms with Crippen molar-refractivity contribution < 1.29 is 9.18 Å². The molecule has 8 nitrogen and oxygen atoms in total. The van der Waals surface area contributed by atoms with Crippen LogP contribution in [0.4, 0.5) is 9.39 Å². The first kappa shape index (κ1) is 22.8. The molecule has 0 spiro atoms. The molecule has 1 aromatic heterocycles. The normalized spacial score (nSPS) is 17.5. The minimum atomic E-state index is -0.550. The number of nitrogen functional groups attached to an aromatic ring is 1. The molecule has 1 aromatic carbocycles. The number of likely N-dealkylation sites (tertiary alicyclic amines) is 1. The molecule has 1 amide bonds. The number of hydrogen-bond donors (Lipinski definition) is 5. The van der Waals surface area contributed by atoms with Crippen molar-refractivity contribution in [3.63, 3.8) is 0 Å². The summed E-state index contributed by atoms with van der Waals surface area (Å²) in [6, 6.07) is 5.15. The standard InChI is InChI=1S/C20H27BFN7OS/c1-26-18(29-8-3-4-11(24)7-9-29)14(10-23)27-19(30)16-17(25)31-20(28-16)12-5-2-6-13(21)15(12)22/h2,5-6,10-11,23,26H,3-4,7-9,21,24-25H2,1H3,(H,27,30)/b18-14-,23-10?/t11-/m1/s1. The molecule has 3 rings (SSSR count). The zero-order valence-electron chi connectivity index (χ0n) is 17.7. The van der Waals surface area contributed by atoms with E-state index < -0.39 is 5.91 Å². The third kappa shape index (κ3) is 5.05. The maximum atomic E-state index is 14.5. The highest BCUT2D eigenvalue weighted by Gasteiger charge is 2.23. The molecule has 0 bridgehead atoms. The zero-order chi connectivity index (χ0) is 22.5. The van der Waals surface area contributed by atoms with Crippen molar-refractivity contribution in [2.45, 2.75) is 25.3 Å². The van der Waals surface area contributed by atoms with Gasteiger partial charge >= 0.3 is 0 Å². The monoisotopic (exact) mass is 443 g/mol. The van der Waals surface area contributed by atoms with Gasteiger partial charge < -0.3 is 32.4 Å². The zero-order valence-corrected chi connectivity index (χ0v) is 18.5. The van der Waals surface area contributed by atoms with Gasteiger partial charge in [-0.05, 0) is 25.3 Å². The highest BCUT2D eigenvalue weighted by molar-refractivity contribution is 7.19. The van der Waals surface area contributed by atoms with Gasteiger partial charge in [-0.2, -0.15) is 0 Å². The van der Waals surface area contributed by atoms with Crippen molar-refractivity contribution in [2.24, 2.45) is 5.73 Å². The van der Waals surface area contributed by atoms with Gasteiger partial charge in [0, 0.05) is 38.0 Å². The van der Waals surface area contributed by atoms with Crippen molar-refractivity contribution >= 4 is 41.8 Å². The van der Waals surface area contributed by atoms with Gasteiger partial charge in [0.15, 0.2) is 5.69 Å². The lowest BCUT2D eigenvalue weighted by Gasteiger charge is -2.27. The molecule has 0 radical (unpaired) electrons. The summed E-state index contributed by atoms with van der Waals surface area (Å²) >= 11 is 1.05. The topological polar surface area (TPSA) is 133 Å².